The first-order valence-corrected chi connectivity index (χ1v) is 6.52. The maximum atomic E-state index is 12.4. The number of benzene rings is 2. The van der Waals surface area contributed by atoms with Gasteiger partial charge in [0, 0.05) is 6.42 Å². The standard InChI is InChI=1S/C13H10FO2P/c14-17(15)16-12-7-10-5-1-3-9-4-2-6-11(8-12)13(9)10/h1-7,17H,8H2. The van der Waals surface area contributed by atoms with Crippen LogP contribution in [-0.2, 0) is 15.5 Å². The topological polar surface area (TPSA) is 26.3 Å². The van der Waals surface area contributed by atoms with E-state index in [9.17, 15) is 8.76 Å². The molecule has 0 amide bonds. The highest BCUT2D eigenvalue weighted by molar-refractivity contribution is 7.32. The summed E-state index contributed by atoms with van der Waals surface area (Å²) >= 11 is 0. The van der Waals surface area contributed by atoms with Crippen LogP contribution in [0.5, 0.6) is 0 Å². The normalized spacial score (nSPS) is 15.5. The molecule has 1 aliphatic rings. The molecule has 0 aromatic heterocycles. The van der Waals surface area contributed by atoms with Crippen LogP contribution in [0.1, 0.15) is 11.1 Å². The van der Waals surface area contributed by atoms with Gasteiger partial charge in [-0.05, 0) is 28.0 Å². The Labute approximate surface area is 98.7 Å². The van der Waals surface area contributed by atoms with Crippen LogP contribution in [0.15, 0.2) is 42.2 Å². The SMILES string of the molecule is O=[PH](F)OC1=Cc2cccc3cccc(c23)C1. The van der Waals surface area contributed by atoms with E-state index in [1.165, 1.54) is 5.39 Å². The summed E-state index contributed by atoms with van der Waals surface area (Å²) in [7, 11) is -3.42. The molecule has 3 rings (SSSR count). The predicted molar refractivity (Wildman–Crippen MR) is 66.8 cm³/mol. The molecule has 0 fully saturated rings. The van der Waals surface area contributed by atoms with Gasteiger partial charge in [0.25, 0.3) is 0 Å². The molecule has 86 valence electrons. The van der Waals surface area contributed by atoms with Gasteiger partial charge in [0.2, 0.25) is 0 Å². The third-order valence-electron chi connectivity index (χ3n) is 2.92. The molecule has 0 heterocycles. The van der Waals surface area contributed by atoms with Crippen LogP contribution < -0.4 is 0 Å². The van der Waals surface area contributed by atoms with Crippen molar-refractivity contribution in [3.63, 3.8) is 0 Å². The van der Waals surface area contributed by atoms with E-state index in [2.05, 4.69) is 0 Å². The molecule has 0 bridgehead atoms. The van der Waals surface area contributed by atoms with Gasteiger partial charge < -0.3 is 4.52 Å². The lowest BCUT2D eigenvalue weighted by Gasteiger charge is -2.16. The van der Waals surface area contributed by atoms with Crippen molar-refractivity contribution in [2.75, 3.05) is 0 Å². The Morgan fingerprint density at radius 3 is 2.71 bits per heavy atom. The first-order chi connectivity index (χ1) is 8.24. The summed E-state index contributed by atoms with van der Waals surface area (Å²) in [5.74, 6) is 0.433. The van der Waals surface area contributed by atoms with Crippen molar-refractivity contribution in [1.82, 2.24) is 0 Å². The van der Waals surface area contributed by atoms with Crippen molar-refractivity contribution in [3.8, 4) is 0 Å². The second-order valence-corrected chi connectivity index (χ2v) is 4.67. The molecule has 0 spiro atoms. The molecule has 0 saturated heterocycles. The molecule has 2 nitrogen and oxygen atoms in total. The maximum absolute atomic E-state index is 12.4. The van der Waals surface area contributed by atoms with Crippen LogP contribution in [0.4, 0.5) is 4.20 Å². The van der Waals surface area contributed by atoms with Gasteiger partial charge in [-0.3, -0.25) is 0 Å². The molecule has 2 aromatic rings. The predicted octanol–water partition coefficient (Wildman–Crippen LogP) is 4.11. The zero-order valence-corrected chi connectivity index (χ0v) is 9.94. The molecular weight excluding hydrogens is 238 g/mol. The molecule has 1 aliphatic carbocycles. The van der Waals surface area contributed by atoms with E-state index in [1.54, 1.807) is 6.08 Å². The summed E-state index contributed by atoms with van der Waals surface area (Å²) in [5, 5.41) is 2.32. The lowest BCUT2D eigenvalue weighted by Crippen LogP contribution is -1.99. The zero-order chi connectivity index (χ0) is 11.8. The second kappa shape index (κ2) is 4.01. The number of allylic oxidation sites excluding steroid dienone is 1. The van der Waals surface area contributed by atoms with Gasteiger partial charge in [-0.2, -0.15) is 0 Å². The van der Waals surface area contributed by atoms with E-state index in [-0.39, 0.29) is 0 Å². The fourth-order valence-corrected chi connectivity index (χ4v) is 2.64. The summed E-state index contributed by atoms with van der Waals surface area (Å²) < 4.78 is 27.7. The van der Waals surface area contributed by atoms with Gasteiger partial charge in [0.15, 0.2) is 0 Å². The molecule has 2 aromatic carbocycles. The van der Waals surface area contributed by atoms with Crippen molar-refractivity contribution in [2.45, 2.75) is 6.42 Å². The fraction of sp³-hybridized carbons (Fsp3) is 0.0769. The van der Waals surface area contributed by atoms with Crippen LogP contribution in [0, 0.1) is 0 Å². The third-order valence-corrected chi connectivity index (χ3v) is 3.34. The van der Waals surface area contributed by atoms with E-state index < -0.39 is 8.34 Å². The molecule has 1 atom stereocenters. The summed E-state index contributed by atoms with van der Waals surface area (Å²) in [6, 6.07) is 11.9. The average molecular weight is 248 g/mol. The molecule has 1 unspecified atom stereocenters. The van der Waals surface area contributed by atoms with Gasteiger partial charge in [-0.1, -0.05) is 36.4 Å². The minimum absolute atomic E-state index is 0.433. The summed E-state index contributed by atoms with van der Waals surface area (Å²) in [5.41, 5.74) is 2.07. The fourth-order valence-electron chi connectivity index (χ4n) is 2.30. The Morgan fingerprint density at radius 2 is 1.94 bits per heavy atom. The second-order valence-electron chi connectivity index (χ2n) is 3.99. The quantitative estimate of drug-likeness (QED) is 0.747. The van der Waals surface area contributed by atoms with Crippen LogP contribution >= 0.6 is 8.34 Å². The van der Waals surface area contributed by atoms with Crippen molar-refractivity contribution in [3.05, 3.63) is 53.3 Å². The third kappa shape index (κ3) is 1.87. The van der Waals surface area contributed by atoms with Crippen molar-refractivity contribution in [2.24, 2.45) is 0 Å². The highest BCUT2D eigenvalue weighted by Gasteiger charge is 2.15. The largest absolute Gasteiger partial charge is 0.428 e. The number of halogens is 1. The number of rotatable bonds is 2. The molecule has 0 aliphatic heterocycles. The highest BCUT2D eigenvalue weighted by atomic mass is 31.2. The van der Waals surface area contributed by atoms with Gasteiger partial charge in [0.05, 0.1) is 0 Å². The maximum Gasteiger partial charge on any atom is 0.404 e. The van der Waals surface area contributed by atoms with Crippen molar-refractivity contribution in [1.29, 1.82) is 0 Å². The van der Waals surface area contributed by atoms with Gasteiger partial charge in [-0.15, -0.1) is 4.20 Å². The molecule has 0 saturated carbocycles. The molecule has 0 N–H and O–H groups in total. The summed E-state index contributed by atoms with van der Waals surface area (Å²) in [6.45, 7) is 0. The molecule has 17 heavy (non-hydrogen) atoms. The minimum atomic E-state index is -3.42. The van der Waals surface area contributed by atoms with Gasteiger partial charge in [0.1, 0.15) is 5.76 Å². The smallest absolute Gasteiger partial charge is 0.404 e. The van der Waals surface area contributed by atoms with E-state index in [0.29, 0.717) is 12.2 Å². The zero-order valence-electron chi connectivity index (χ0n) is 8.94. The molecule has 4 heteroatoms. The summed E-state index contributed by atoms with van der Waals surface area (Å²) in [4.78, 5) is 0. The monoisotopic (exact) mass is 248 g/mol. The Balaban J connectivity index is 2.19. The molecular formula is C13H10FO2P. The number of hydrogen-bond acceptors (Lipinski definition) is 2. The van der Waals surface area contributed by atoms with E-state index in [1.807, 2.05) is 36.4 Å². The van der Waals surface area contributed by atoms with Crippen molar-refractivity contribution >= 4 is 25.2 Å². The summed E-state index contributed by atoms with van der Waals surface area (Å²) in [6.07, 6.45) is 2.26. The van der Waals surface area contributed by atoms with Crippen LogP contribution in [-0.4, -0.2) is 0 Å². The van der Waals surface area contributed by atoms with Crippen LogP contribution in [0.3, 0.4) is 0 Å². The highest BCUT2D eigenvalue weighted by Crippen LogP contribution is 2.36. The Morgan fingerprint density at radius 1 is 1.18 bits per heavy atom. The van der Waals surface area contributed by atoms with Gasteiger partial charge in [-0.25, -0.2) is 4.57 Å². The lowest BCUT2D eigenvalue weighted by molar-refractivity contribution is 0.385. The first-order valence-electron chi connectivity index (χ1n) is 5.32. The number of hydrogen-bond donors (Lipinski definition) is 0. The Hall–Kier alpha value is -1.60. The van der Waals surface area contributed by atoms with Crippen molar-refractivity contribution < 1.29 is 13.3 Å². The minimum Gasteiger partial charge on any atom is -0.428 e. The van der Waals surface area contributed by atoms with E-state index in [0.717, 1.165) is 16.5 Å². The average Bonchev–Trinajstić information content (AvgIpc) is 2.28. The first kappa shape index (κ1) is 10.5. The van der Waals surface area contributed by atoms with E-state index >= 15 is 0 Å². The van der Waals surface area contributed by atoms with Crippen LogP contribution in [0.25, 0.3) is 16.8 Å². The molecule has 0 radical (unpaired) electrons. The Bertz CT molecular complexity index is 644. The Kier molecular flexibility index (Phi) is 2.49. The lowest BCUT2D eigenvalue weighted by atomic mass is 9.92. The van der Waals surface area contributed by atoms with Gasteiger partial charge >= 0.3 is 8.34 Å². The van der Waals surface area contributed by atoms with Crippen LogP contribution in [0.2, 0.25) is 0 Å². The van der Waals surface area contributed by atoms with E-state index in [4.69, 9.17) is 4.52 Å².